The molecule has 1 atom stereocenters. The van der Waals surface area contributed by atoms with Gasteiger partial charge in [-0.1, -0.05) is 23.7 Å². The lowest BCUT2D eigenvalue weighted by molar-refractivity contribution is -0.127. The van der Waals surface area contributed by atoms with Crippen LogP contribution in [0.2, 0.25) is 5.02 Å². The first kappa shape index (κ1) is 18.2. The largest absolute Gasteiger partial charge is 0.479 e. The van der Waals surface area contributed by atoms with Crippen LogP contribution in [0.4, 0.5) is 0 Å². The molecule has 0 aliphatic heterocycles. The minimum atomic E-state index is -0.577. The Bertz CT molecular complexity index is 708. The molecule has 6 heteroatoms. The standard InChI is InChI=1S/C19H23ClN2O2S/c1-13(24-16-9-4-2-7-14(16)20)19(23)21-12-6-11-18-22-15-8-3-5-10-17(15)25-18/h2,4,7,9,13H,3,5-6,8,10-12H2,1H3,(H,21,23). The first-order valence-electron chi connectivity index (χ1n) is 8.80. The van der Waals surface area contributed by atoms with E-state index in [4.69, 9.17) is 21.3 Å². The zero-order valence-corrected chi connectivity index (χ0v) is 16.0. The van der Waals surface area contributed by atoms with Crippen molar-refractivity contribution in [2.75, 3.05) is 6.54 Å². The summed E-state index contributed by atoms with van der Waals surface area (Å²) in [7, 11) is 0. The molecule has 1 aliphatic carbocycles. The highest BCUT2D eigenvalue weighted by Gasteiger charge is 2.16. The van der Waals surface area contributed by atoms with Gasteiger partial charge in [-0.3, -0.25) is 4.79 Å². The van der Waals surface area contributed by atoms with Crippen molar-refractivity contribution in [3.8, 4) is 5.75 Å². The summed E-state index contributed by atoms with van der Waals surface area (Å²) in [5, 5.41) is 4.63. The van der Waals surface area contributed by atoms with Crippen molar-refractivity contribution >= 4 is 28.8 Å². The normalized spacial score (nSPS) is 14.6. The quantitative estimate of drug-likeness (QED) is 0.735. The van der Waals surface area contributed by atoms with E-state index in [0.717, 1.165) is 19.3 Å². The van der Waals surface area contributed by atoms with Crippen LogP contribution in [0.25, 0.3) is 0 Å². The Morgan fingerprint density at radius 1 is 1.36 bits per heavy atom. The van der Waals surface area contributed by atoms with Crippen molar-refractivity contribution in [2.45, 2.75) is 51.6 Å². The van der Waals surface area contributed by atoms with Crippen LogP contribution in [0.5, 0.6) is 5.75 Å². The molecule has 1 aliphatic rings. The number of carbonyl (C=O) groups excluding carboxylic acids is 1. The predicted octanol–water partition coefficient (Wildman–Crippen LogP) is 4.19. The zero-order chi connectivity index (χ0) is 17.6. The zero-order valence-electron chi connectivity index (χ0n) is 14.4. The number of rotatable bonds is 7. The number of hydrogen-bond donors (Lipinski definition) is 1. The predicted molar refractivity (Wildman–Crippen MR) is 102 cm³/mol. The van der Waals surface area contributed by atoms with E-state index < -0.39 is 6.10 Å². The highest BCUT2D eigenvalue weighted by molar-refractivity contribution is 7.11. The number of hydrogen-bond acceptors (Lipinski definition) is 4. The second kappa shape index (κ2) is 8.68. The van der Waals surface area contributed by atoms with Crippen LogP contribution in [0.15, 0.2) is 24.3 Å². The molecule has 134 valence electrons. The Morgan fingerprint density at radius 2 is 2.16 bits per heavy atom. The van der Waals surface area contributed by atoms with Crippen LogP contribution >= 0.6 is 22.9 Å². The van der Waals surface area contributed by atoms with Gasteiger partial charge >= 0.3 is 0 Å². The van der Waals surface area contributed by atoms with E-state index in [-0.39, 0.29) is 5.91 Å². The number of thiazole rings is 1. The lowest BCUT2D eigenvalue weighted by Crippen LogP contribution is -2.37. The third-order valence-corrected chi connectivity index (χ3v) is 5.80. The number of nitrogens with one attached hydrogen (secondary N) is 1. The van der Waals surface area contributed by atoms with Crippen molar-refractivity contribution in [1.29, 1.82) is 0 Å². The van der Waals surface area contributed by atoms with Crippen molar-refractivity contribution in [3.05, 3.63) is 44.9 Å². The van der Waals surface area contributed by atoms with Gasteiger partial charge in [0.25, 0.3) is 5.91 Å². The molecule has 1 unspecified atom stereocenters. The van der Waals surface area contributed by atoms with E-state index in [1.54, 1.807) is 19.1 Å². The Kier molecular flexibility index (Phi) is 6.32. The molecule has 2 aromatic rings. The van der Waals surface area contributed by atoms with E-state index in [1.807, 2.05) is 23.5 Å². The number of carbonyl (C=O) groups is 1. The molecular weight excluding hydrogens is 356 g/mol. The van der Waals surface area contributed by atoms with Gasteiger partial charge < -0.3 is 10.1 Å². The summed E-state index contributed by atoms with van der Waals surface area (Å²) in [6.07, 6.45) is 6.07. The number of nitrogens with zero attached hydrogens (tertiary/aromatic N) is 1. The number of aromatic nitrogens is 1. The van der Waals surface area contributed by atoms with Crippen LogP contribution in [0, 0.1) is 0 Å². The number of ether oxygens (including phenoxy) is 1. The number of aryl methyl sites for hydroxylation is 3. The van der Waals surface area contributed by atoms with Gasteiger partial charge in [0.2, 0.25) is 0 Å². The number of benzene rings is 1. The summed E-state index contributed by atoms with van der Waals surface area (Å²) < 4.78 is 5.62. The molecule has 0 radical (unpaired) electrons. The van der Waals surface area contributed by atoms with Crippen molar-refractivity contribution in [1.82, 2.24) is 10.3 Å². The van der Waals surface area contributed by atoms with Gasteiger partial charge in [-0.15, -0.1) is 11.3 Å². The third kappa shape index (κ3) is 4.95. The van der Waals surface area contributed by atoms with Gasteiger partial charge in [-0.25, -0.2) is 4.98 Å². The smallest absolute Gasteiger partial charge is 0.260 e. The molecule has 1 aromatic carbocycles. The molecular formula is C19H23ClN2O2S. The van der Waals surface area contributed by atoms with Crippen molar-refractivity contribution in [2.24, 2.45) is 0 Å². The molecule has 1 aromatic heterocycles. The molecule has 0 saturated carbocycles. The maximum Gasteiger partial charge on any atom is 0.260 e. The molecule has 0 saturated heterocycles. The maximum atomic E-state index is 12.1. The number of amides is 1. The minimum Gasteiger partial charge on any atom is -0.479 e. The maximum absolute atomic E-state index is 12.1. The minimum absolute atomic E-state index is 0.127. The van der Waals surface area contributed by atoms with Gasteiger partial charge in [0, 0.05) is 17.8 Å². The highest BCUT2D eigenvalue weighted by Crippen LogP contribution is 2.27. The molecule has 0 bridgehead atoms. The fourth-order valence-corrected chi connectivity index (χ4v) is 4.27. The van der Waals surface area contributed by atoms with Crippen LogP contribution in [-0.2, 0) is 24.1 Å². The first-order valence-corrected chi connectivity index (χ1v) is 9.99. The molecule has 25 heavy (non-hydrogen) atoms. The Labute approximate surface area is 157 Å². The summed E-state index contributed by atoms with van der Waals surface area (Å²) in [4.78, 5) is 18.3. The summed E-state index contributed by atoms with van der Waals surface area (Å²) >= 11 is 7.89. The Hall–Kier alpha value is -1.59. The van der Waals surface area contributed by atoms with Crippen molar-refractivity contribution in [3.63, 3.8) is 0 Å². The third-order valence-electron chi connectivity index (χ3n) is 4.27. The number of para-hydroxylation sites is 1. The van der Waals surface area contributed by atoms with Crippen LogP contribution in [0.3, 0.4) is 0 Å². The second-order valence-corrected chi connectivity index (χ2v) is 7.85. The summed E-state index contributed by atoms with van der Waals surface area (Å²) in [5.41, 5.74) is 1.30. The molecule has 1 heterocycles. The SMILES string of the molecule is CC(Oc1ccccc1Cl)C(=O)NCCCc1nc2c(s1)CCCC2. The van der Waals surface area contributed by atoms with Gasteiger partial charge in [0.05, 0.1) is 15.7 Å². The fourth-order valence-electron chi connectivity index (χ4n) is 2.89. The molecule has 1 amide bonds. The molecule has 1 N–H and O–H groups in total. The average Bonchev–Trinajstić information content (AvgIpc) is 3.03. The molecule has 4 nitrogen and oxygen atoms in total. The summed E-state index contributed by atoms with van der Waals surface area (Å²) in [6.45, 7) is 2.35. The summed E-state index contributed by atoms with van der Waals surface area (Å²) in [6, 6.07) is 7.17. The van der Waals surface area contributed by atoms with Gasteiger partial charge in [-0.2, -0.15) is 0 Å². The molecule has 0 spiro atoms. The second-order valence-electron chi connectivity index (χ2n) is 6.27. The fraction of sp³-hybridized carbons (Fsp3) is 0.474. The van der Waals surface area contributed by atoms with E-state index in [0.29, 0.717) is 17.3 Å². The van der Waals surface area contributed by atoms with Crippen LogP contribution in [0.1, 0.15) is 41.8 Å². The first-order chi connectivity index (χ1) is 12.1. The highest BCUT2D eigenvalue weighted by atomic mass is 35.5. The monoisotopic (exact) mass is 378 g/mol. The van der Waals surface area contributed by atoms with Gasteiger partial charge in [0.1, 0.15) is 5.75 Å². The lowest BCUT2D eigenvalue weighted by atomic mass is 10.0. The Morgan fingerprint density at radius 3 is 2.96 bits per heavy atom. The van der Waals surface area contributed by atoms with E-state index in [2.05, 4.69) is 5.32 Å². The topological polar surface area (TPSA) is 51.2 Å². The van der Waals surface area contributed by atoms with E-state index >= 15 is 0 Å². The van der Waals surface area contributed by atoms with Gasteiger partial charge in [0.15, 0.2) is 6.10 Å². The van der Waals surface area contributed by atoms with Gasteiger partial charge in [-0.05, 0) is 51.2 Å². The molecule has 3 rings (SSSR count). The van der Waals surface area contributed by atoms with Crippen molar-refractivity contribution < 1.29 is 9.53 Å². The lowest BCUT2D eigenvalue weighted by Gasteiger charge is -2.15. The average molecular weight is 379 g/mol. The van der Waals surface area contributed by atoms with Crippen LogP contribution in [-0.4, -0.2) is 23.5 Å². The Balaban J connectivity index is 1.40. The van der Waals surface area contributed by atoms with E-state index in [9.17, 15) is 4.79 Å². The van der Waals surface area contributed by atoms with E-state index in [1.165, 1.54) is 34.8 Å². The number of fused-ring (bicyclic) bond motifs is 1. The summed E-state index contributed by atoms with van der Waals surface area (Å²) in [5.74, 6) is 0.401. The van der Waals surface area contributed by atoms with Crippen LogP contribution < -0.4 is 10.1 Å². The number of halogens is 1. The molecule has 0 fully saturated rings.